The third-order valence-electron chi connectivity index (χ3n) is 3.96. The fraction of sp³-hybridized carbons (Fsp3) is 0.500. The molecule has 1 aromatic carbocycles. The van der Waals surface area contributed by atoms with E-state index in [0.29, 0.717) is 32.1 Å². The minimum absolute atomic E-state index is 0.0735. The van der Waals surface area contributed by atoms with Gasteiger partial charge in [0.2, 0.25) is 11.8 Å². The number of carbonyl (C=O) groups excluding carboxylic acids is 2. The number of amides is 2. The standard InChI is InChI=1S/C18H23IN4O3S/c19-15-4-2-1-3-14(15)12-27-13-16(18(25)21-6-5-20)22-17(24)11-23-7-9-26-10-8-23/h1-4,16H,6-13H2,(H,21,25)(H,22,24)/t16-/m0/s1. The van der Waals surface area contributed by atoms with Crippen LogP contribution >= 0.6 is 34.4 Å². The molecule has 9 heteroatoms. The van der Waals surface area contributed by atoms with E-state index < -0.39 is 6.04 Å². The highest BCUT2D eigenvalue weighted by Crippen LogP contribution is 2.18. The van der Waals surface area contributed by atoms with Gasteiger partial charge in [-0.1, -0.05) is 18.2 Å². The predicted octanol–water partition coefficient (Wildman–Crippen LogP) is 0.981. The van der Waals surface area contributed by atoms with Crippen molar-refractivity contribution < 1.29 is 14.3 Å². The molecular weight excluding hydrogens is 479 g/mol. The number of rotatable bonds is 9. The first kappa shape index (κ1) is 21.9. The zero-order chi connectivity index (χ0) is 19.5. The van der Waals surface area contributed by atoms with Gasteiger partial charge in [-0.3, -0.25) is 14.5 Å². The molecule has 0 aliphatic carbocycles. The highest BCUT2D eigenvalue weighted by atomic mass is 127. The summed E-state index contributed by atoms with van der Waals surface area (Å²) in [5.74, 6) is 0.670. The van der Waals surface area contributed by atoms with Gasteiger partial charge in [-0.15, -0.1) is 0 Å². The van der Waals surface area contributed by atoms with Gasteiger partial charge in [0.15, 0.2) is 0 Å². The maximum absolute atomic E-state index is 12.3. The lowest BCUT2D eigenvalue weighted by atomic mass is 10.2. The van der Waals surface area contributed by atoms with Crippen LogP contribution in [0, 0.1) is 14.9 Å². The Hall–Kier alpha value is -1.35. The summed E-state index contributed by atoms with van der Waals surface area (Å²) in [5, 5.41) is 14.0. The Morgan fingerprint density at radius 3 is 2.78 bits per heavy atom. The molecule has 7 nitrogen and oxygen atoms in total. The Balaban J connectivity index is 1.87. The molecule has 2 N–H and O–H groups in total. The SMILES string of the molecule is N#CCNC(=O)[C@H](CSCc1ccccc1I)NC(=O)CN1CCOCC1. The molecule has 0 spiro atoms. The van der Waals surface area contributed by atoms with Crippen molar-refractivity contribution in [3.8, 4) is 6.07 Å². The number of nitrogens with one attached hydrogen (secondary N) is 2. The maximum atomic E-state index is 12.3. The summed E-state index contributed by atoms with van der Waals surface area (Å²) in [4.78, 5) is 26.7. The van der Waals surface area contributed by atoms with E-state index >= 15 is 0 Å². The molecule has 2 rings (SSSR count). The van der Waals surface area contributed by atoms with E-state index in [0.717, 1.165) is 5.75 Å². The molecule has 1 fully saturated rings. The molecule has 0 radical (unpaired) electrons. The van der Waals surface area contributed by atoms with Gasteiger partial charge in [0, 0.05) is 28.2 Å². The first-order valence-corrected chi connectivity index (χ1v) is 10.9. The summed E-state index contributed by atoms with van der Waals surface area (Å²) in [6, 6.07) is 9.28. The number of carbonyl (C=O) groups is 2. The van der Waals surface area contributed by atoms with Crippen molar-refractivity contribution in [1.82, 2.24) is 15.5 Å². The largest absolute Gasteiger partial charge is 0.379 e. The molecule has 1 saturated heterocycles. The zero-order valence-electron chi connectivity index (χ0n) is 14.9. The molecule has 27 heavy (non-hydrogen) atoms. The lowest BCUT2D eigenvalue weighted by Crippen LogP contribution is -2.52. The summed E-state index contributed by atoms with van der Waals surface area (Å²) < 4.78 is 6.45. The number of hydrogen-bond donors (Lipinski definition) is 2. The fourth-order valence-electron chi connectivity index (χ4n) is 2.54. The molecule has 1 heterocycles. The number of ether oxygens (including phenoxy) is 1. The summed E-state index contributed by atoms with van der Waals surface area (Å²) in [7, 11) is 0. The Kier molecular flexibility index (Phi) is 9.90. The van der Waals surface area contributed by atoms with Gasteiger partial charge in [-0.2, -0.15) is 17.0 Å². The lowest BCUT2D eigenvalue weighted by Gasteiger charge is -2.26. The molecule has 1 aliphatic rings. The smallest absolute Gasteiger partial charge is 0.244 e. The van der Waals surface area contributed by atoms with Gasteiger partial charge < -0.3 is 15.4 Å². The van der Waals surface area contributed by atoms with Crippen molar-refractivity contribution in [3.05, 3.63) is 33.4 Å². The van der Waals surface area contributed by atoms with Crippen LogP contribution in [0.2, 0.25) is 0 Å². The quantitative estimate of drug-likeness (QED) is 0.387. The average molecular weight is 502 g/mol. The van der Waals surface area contributed by atoms with Gasteiger partial charge in [-0.25, -0.2) is 0 Å². The fourth-order valence-corrected chi connectivity index (χ4v) is 4.43. The topological polar surface area (TPSA) is 94.5 Å². The number of hydrogen-bond acceptors (Lipinski definition) is 6. The predicted molar refractivity (Wildman–Crippen MR) is 113 cm³/mol. The van der Waals surface area contributed by atoms with Gasteiger partial charge in [0.1, 0.15) is 12.6 Å². The van der Waals surface area contributed by atoms with Gasteiger partial charge in [0.25, 0.3) is 0 Å². The second-order valence-electron chi connectivity index (χ2n) is 5.99. The van der Waals surface area contributed by atoms with Crippen molar-refractivity contribution in [1.29, 1.82) is 5.26 Å². The van der Waals surface area contributed by atoms with Crippen molar-refractivity contribution in [2.75, 3.05) is 45.1 Å². The first-order valence-electron chi connectivity index (χ1n) is 8.65. The average Bonchev–Trinajstić information content (AvgIpc) is 2.67. The first-order chi connectivity index (χ1) is 13.1. The summed E-state index contributed by atoms with van der Waals surface area (Å²) in [6.45, 7) is 2.82. The zero-order valence-corrected chi connectivity index (χ0v) is 17.9. The van der Waals surface area contributed by atoms with Crippen LogP contribution in [0.1, 0.15) is 5.56 Å². The monoisotopic (exact) mass is 502 g/mol. The van der Waals surface area contributed by atoms with Crippen molar-refractivity contribution in [3.63, 3.8) is 0 Å². The van der Waals surface area contributed by atoms with Gasteiger partial charge >= 0.3 is 0 Å². The van der Waals surface area contributed by atoms with Crippen LogP contribution in [0.5, 0.6) is 0 Å². The van der Waals surface area contributed by atoms with Crippen molar-refractivity contribution in [2.24, 2.45) is 0 Å². The van der Waals surface area contributed by atoms with E-state index in [4.69, 9.17) is 10.00 Å². The highest BCUT2D eigenvalue weighted by molar-refractivity contribution is 14.1. The Morgan fingerprint density at radius 2 is 2.07 bits per heavy atom. The van der Waals surface area contributed by atoms with Crippen LogP contribution in [-0.4, -0.2) is 67.9 Å². The maximum Gasteiger partial charge on any atom is 0.244 e. The van der Waals surface area contributed by atoms with Crippen LogP contribution in [0.3, 0.4) is 0 Å². The number of thioether (sulfide) groups is 1. The summed E-state index contributed by atoms with van der Waals surface area (Å²) in [5.41, 5.74) is 1.19. The van der Waals surface area contributed by atoms with E-state index in [1.165, 1.54) is 9.13 Å². The molecule has 1 aromatic rings. The van der Waals surface area contributed by atoms with E-state index in [1.54, 1.807) is 11.8 Å². The number of nitrogens with zero attached hydrogens (tertiary/aromatic N) is 2. The van der Waals surface area contributed by atoms with Gasteiger partial charge in [0.05, 0.1) is 25.8 Å². The molecule has 0 bridgehead atoms. The Morgan fingerprint density at radius 1 is 1.33 bits per heavy atom. The Bertz CT molecular complexity index is 677. The van der Waals surface area contributed by atoms with Gasteiger partial charge in [-0.05, 0) is 34.2 Å². The molecule has 0 aromatic heterocycles. The van der Waals surface area contributed by atoms with Crippen molar-refractivity contribution >= 4 is 46.2 Å². The molecule has 146 valence electrons. The third kappa shape index (κ3) is 8.04. The van der Waals surface area contributed by atoms with Crippen LogP contribution < -0.4 is 10.6 Å². The lowest BCUT2D eigenvalue weighted by molar-refractivity contribution is -0.129. The molecule has 1 atom stereocenters. The van der Waals surface area contributed by atoms with E-state index in [9.17, 15) is 9.59 Å². The van der Waals surface area contributed by atoms with Crippen LogP contribution in [-0.2, 0) is 20.1 Å². The number of nitriles is 1. The second kappa shape index (κ2) is 12.2. The highest BCUT2D eigenvalue weighted by Gasteiger charge is 2.22. The van der Waals surface area contributed by atoms with E-state index in [-0.39, 0.29) is 24.9 Å². The minimum atomic E-state index is -0.668. The van der Waals surface area contributed by atoms with Crippen LogP contribution in [0.25, 0.3) is 0 Å². The number of halogens is 1. The molecular formula is C18H23IN4O3S. The van der Waals surface area contributed by atoms with E-state index in [1.807, 2.05) is 29.2 Å². The van der Waals surface area contributed by atoms with Crippen LogP contribution in [0.4, 0.5) is 0 Å². The van der Waals surface area contributed by atoms with Crippen LogP contribution in [0.15, 0.2) is 24.3 Å². The molecule has 0 unspecified atom stereocenters. The van der Waals surface area contributed by atoms with Crippen molar-refractivity contribution in [2.45, 2.75) is 11.8 Å². The third-order valence-corrected chi connectivity index (χ3v) is 6.10. The normalized spacial score (nSPS) is 15.6. The summed E-state index contributed by atoms with van der Waals surface area (Å²) in [6.07, 6.45) is 0. The minimum Gasteiger partial charge on any atom is -0.379 e. The summed E-state index contributed by atoms with van der Waals surface area (Å²) >= 11 is 3.87. The molecule has 2 amide bonds. The Labute approximate surface area is 177 Å². The molecule has 1 aliphatic heterocycles. The number of morpholine rings is 1. The second-order valence-corrected chi connectivity index (χ2v) is 8.18. The number of benzene rings is 1. The van der Waals surface area contributed by atoms with E-state index in [2.05, 4.69) is 39.3 Å². The molecule has 0 saturated carbocycles.